The van der Waals surface area contributed by atoms with Gasteiger partial charge in [0.25, 0.3) is 5.91 Å². The summed E-state index contributed by atoms with van der Waals surface area (Å²) >= 11 is 3.33. The van der Waals surface area contributed by atoms with Crippen molar-refractivity contribution in [3.05, 3.63) is 28.7 Å². The Labute approximate surface area is 126 Å². The molecule has 5 nitrogen and oxygen atoms in total. The number of hydrazine groups is 1. The topological polar surface area (TPSA) is 67.4 Å². The van der Waals surface area contributed by atoms with Crippen molar-refractivity contribution in [3.8, 4) is 5.75 Å². The summed E-state index contributed by atoms with van der Waals surface area (Å²) < 4.78 is 6.37. The van der Waals surface area contributed by atoms with Gasteiger partial charge < -0.3 is 4.74 Å². The van der Waals surface area contributed by atoms with E-state index in [4.69, 9.17) is 4.74 Å². The second kappa shape index (κ2) is 6.74. The molecule has 0 aromatic heterocycles. The highest BCUT2D eigenvalue weighted by molar-refractivity contribution is 9.10. The van der Waals surface area contributed by atoms with Crippen molar-refractivity contribution in [1.29, 1.82) is 0 Å². The molecule has 0 bridgehead atoms. The standard InChI is InChI=1S/C14H17BrN2O3/c1-9(20-12-7-3-6-11(15)8-12)13(18)16-17-14(19)10-4-2-5-10/h3,6-10H,2,4-5H2,1H3,(H,16,18)(H,17,19). The van der Waals surface area contributed by atoms with Gasteiger partial charge in [0, 0.05) is 10.4 Å². The van der Waals surface area contributed by atoms with E-state index in [-0.39, 0.29) is 17.7 Å². The van der Waals surface area contributed by atoms with Crippen molar-refractivity contribution in [1.82, 2.24) is 10.9 Å². The van der Waals surface area contributed by atoms with Crippen LogP contribution in [0.1, 0.15) is 26.2 Å². The van der Waals surface area contributed by atoms with Gasteiger partial charge in [-0.1, -0.05) is 28.4 Å². The first kappa shape index (κ1) is 14.8. The summed E-state index contributed by atoms with van der Waals surface area (Å²) in [7, 11) is 0. The summed E-state index contributed by atoms with van der Waals surface area (Å²) in [6.45, 7) is 1.63. The second-order valence-corrected chi connectivity index (χ2v) is 5.74. The van der Waals surface area contributed by atoms with Crippen LogP contribution < -0.4 is 15.6 Å². The first-order valence-electron chi connectivity index (χ1n) is 6.58. The van der Waals surface area contributed by atoms with E-state index in [1.54, 1.807) is 19.1 Å². The largest absolute Gasteiger partial charge is 0.481 e. The van der Waals surface area contributed by atoms with Crippen molar-refractivity contribution >= 4 is 27.7 Å². The van der Waals surface area contributed by atoms with E-state index >= 15 is 0 Å². The zero-order chi connectivity index (χ0) is 14.5. The predicted octanol–water partition coefficient (Wildman–Crippen LogP) is 2.16. The molecule has 20 heavy (non-hydrogen) atoms. The minimum absolute atomic E-state index is 0.0385. The molecule has 0 spiro atoms. The molecule has 1 unspecified atom stereocenters. The van der Waals surface area contributed by atoms with Crippen molar-refractivity contribution in [3.63, 3.8) is 0 Å². The SMILES string of the molecule is CC(Oc1cccc(Br)c1)C(=O)NNC(=O)C1CCC1. The fourth-order valence-electron chi connectivity index (χ4n) is 1.80. The van der Waals surface area contributed by atoms with E-state index in [0.29, 0.717) is 5.75 Å². The quantitative estimate of drug-likeness (QED) is 0.825. The van der Waals surface area contributed by atoms with Crippen LogP contribution in [0.15, 0.2) is 28.7 Å². The van der Waals surface area contributed by atoms with E-state index in [1.807, 2.05) is 12.1 Å². The number of nitrogens with one attached hydrogen (secondary N) is 2. The predicted molar refractivity (Wildman–Crippen MR) is 77.9 cm³/mol. The maximum Gasteiger partial charge on any atom is 0.279 e. The van der Waals surface area contributed by atoms with Gasteiger partial charge in [-0.3, -0.25) is 20.4 Å². The molecule has 1 aliphatic carbocycles. The molecule has 2 amide bonds. The maximum atomic E-state index is 11.8. The van der Waals surface area contributed by atoms with Gasteiger partial charge in [-0.15, -0.1) is 0 Å². The minimum Gasteiger partial charge on any atom is -0.481 e. The first-order valence-corrected chi connectivity index (χ1v) is 7.37. The Kier molecular flexibility index (Phi) is 5.00. The van der Waals surface area contributed by atoms with Crippen molar-refractivity contribution in [2.45, 2.75) is 32.3 Å². The van der Waals surface area contributed by atoms with Crippen LogP contribution in [0.25, 0.3) is 0 Å². The molecule has 2 rings (SSSR count). The molecule has 1 atom stereocenters. The monoisotopic (exact) mass is 340 g/mol. The van der Waals surface area contributed by atoms with E-state index in [0.717, 1.165) is 23.7 Å². The Morgan fingerprint density at radius 1 is 1.35 bits per heavy atom. The van der Waals surface area contributed by atoms with Gasteiger partial charge in [0.2, 0.25) is 5.91 Å². The number of hydrogen-bond acceptors (Lipinski definition) is 3. The Balaban J connectivity index is 1.78. The number of amides is 2. The average molecular weight is 341 g/mol. The van der Waals surface area contributed by atoms with Crippen LogP contribution in [0, 0.1) is 5.92 Å². The lowest BCUT2D eigenvalue weighted by Gasteiger charge is -2.24. The van der Waals surface area contributed by atoms with Crippen LogP contribution in [0.2, 0.25) is 0 Å². The minimum atomic E-state index is -0.689. The molecule has 1 aliphatic rings. The Bertz CT molecular complexity index is 503. The molecule has 6 heteroatoms. The molecule has 0 aliphatic heterocycles. The molecular formula is C14H17BrN2O3. The lowest BCUT2D eigenvalue weighted by atomic mass is 9.85. The van der Waals surface area contributed by atoms with Crippen LogP contribution in [0.4, 0.5) is 0 Å². The second-order valence-electron chi connectivity index (χ2n) is 4.82. The Morgan fingerprint density at radius 2 is 2.10 bits per heavy atom. The smallest absolute Gasteiger partial charge is 0.279 e. The van der Waals surface area contributed by atoms with Gasteiger partial charge in [0.1, 0.15) is 5.75 Å². The number of carbonyl (C=O) groups excluding carboxylic acids is 2. The van der Waals surface area contributed by atoms with Crippen molar-refractivity contribution in [2.24, 2.45) is 5.92 Å². The van der Waals surface area contributed by atoms with Gasteiger partial charge in [-0.05, 0) is 38.0 Å². The lowest BCUT2D eigenvalue weighted by molar-refractivity contribution is -0.135. The Hall–Kier alpha value is -1.56. The summed E-state index contributed by atoms with van der Waals surface area (Å²) in [4.78, 5) is 23.4. The van der Waals surface area contributed by atoms with Gasteiger partial charge in [0.05, 0.1) is 0 Å². The van der Waals surface area contributed by atoms with E-state index in [1.165, 1.54) is 0 Å². The molecular weight excluding hydrogens is 324 g/mol. The number of halogens is 1. The fraction of sp³-hybridized carbons (Fsp3) is 0.429. The molecule has 0 saturated heterocycles. The summed E-state index contributed by atoms with van der Waals surface area (Å²) in [6, 6.07) is 7.23. The number of rotatable bonds is 4. The average Bonchev–Trinajstić information content (AvgIpc) is 2.33. The van der Waals surface area contributed by atoms with Crippen molar-refractivity contribution in [2.75, 3.05) is 0 Å². The number of hydrogen-bond donors (Lipinski definition) is 2. The highest BCUT2D eigenvalue weighted by Crippen LogP contribution is 2.25. The van der Waals surface area contributed by atoms with Crippen LogP contribution >= 0.6 is 15.9 Å². The van der Waals surface area contributed by atoms with E-state index in [9.17, 15) is 9.59 Å². The van der Waals surface area contributed by atoms with Gasteiger partial charge in [-0.2, -0.15) is 0 Å². The zero-order valence-electron chi connectivity index (χ0n) is 11.2. The van der Waals surface area contributed by atoms with Gasteiger partial charge in [-0.25, -0.2) is 0 Å². The highest BCUT2D eigenvalue weighted by Gasteiger charge is 2.26. The number of ether oxygens (including phenoxy) is 1. The molecule has 0 heterocycles. The zero-order valence-corrected chi connectivity index (χ0v) is 12.8. The Morgan fingerprint density at radius 3 is 2.70 bits per heavy atom. The lowest BCUT2D eigenvalue weighted by Crippen LogP contribution is -2.49. The summed E-state index contributed by atoms with van der Waals surface area (Å²) in [5, 5.41) is 0. The van der Waals surface area contributed by atoms with Crippen LogP contribution in [0.3, 0.4) is 0 Å². The summed E-state index contributed by atoms with van der Waals surface area (Å²) in [5.41, 5.74) is 4.83. The molecule has 1 aromatic carbocycles. The van der Waals surface area contributed by atoms with Crippen LogP contribution in [-0.2, 0) is 9.59 Å². The first-order chi connectivity index (χ1) is 9.56. The molecule has 1 aromatic rings. The van der Waals surface area contributed by atoms with E-state index in [2.05, 4.69) is 26.8 Å². The highest BCUT2D eigenvalue weighted by atomic mass is 79.9. The molecule has 2 N–H and O–H groups in total. The van der Waals surface area contributed by atoms with Gasteiger partial charge in [0.15, 0.2) is 6.10 Å². The van der Waals surface area contributed by atoms with Crippen molar-refractivity contribution < 1.29 is 14.3 Å². The third-order valence-corrected chi connectivity index (χ3v) is 3.76. The normalized spacial score (nSPS) is 15.9. The summed E-state index contributed by atoms with van der Waals surface area (Å²) in [6.07, 6.45) is 2.18. The molecule has 1 saturated carbocycles. The summed E-state index contributed by atoms with van der Waals surface area (Å²) in [5.74, 6) is 0.126. The van der Waals surface area contributed by atoms with Crippen LogP contribution in [-0.4, -0.2) is 17.9 Å². The van der Waals surface area contributed by atoms with Crippen LogP contribution in [0.5, 0.6) is 5.75 Å². The van der Waals surface area contributed by atoms with Gasteiger partial charge >= 0.3 is 0 Å². The molecule has 0 radical (unpaired) electrons. The van der Waals surface area contributed by atoms with E-state index < -0.39 is 6.10 Å². The third kappa shape index (κ3) is 3.96. The fourth-order valence-corrected chi connectivity index (χ4v) is 2.17. The third-order valence-electron chi connectivity index (χ3n) is 3.26. The molecule has 1 fully saturated rings. The maximum absolute atomic E-state index is 11.8. The number of benzene rings is 1. The molecule has 108 valence electrons. The number of carbonyl (C=O) groups is 2.